The molecule has 0 atom stereocenters. The number of hydrogen-bond donors (Lipinski definition) is 0. The number of allylic oxidation sites excluding steroid dienone is 1. The van der Waals surface area contributed by atoms with Crippen molar-refractivity contribution in [2.45, 2.75) is 19.3 Å². The summed E-state index contributed by atoms with van der Waals surface area (Å²) in [5.41, 5.74) is 12.9. The van der Waals surface area contributed by atoms with Gasteiger partial charge in [0.15, 0.2) is 5.71 Å². The van der Waals surface area contributed by atoms with Gasteiger partial charge in [-0.15, -0.1) is 0 Å². The first-order valence-corrected chi connectivity index (χ1v) is 18.4. The summed E-state index contributed by atoms with van der Waals surface area (Å²) < 4.78 is 5.59. The summed E-state index contributed by atoms with van der Waals surface area (Å²) >= 11 is 3.61. The summed E-state index contributed by atoms with van der Waals surface area (Å²) in [7, 11) is 2.11. The van der Waals surface area contributed by atoms with Gasteiger partial charge in [-0.3, -0.25) is 0 Å². The number of pyridine rings is 1. The molecular formula is C48H38BrN2O+. The van der Waals surface area contributed by atoms with Crippen molar-refractivity contribution in [2.24, 2.45) is 0 Å². The first kappa shape index (κ1) is 33.3. The van der Waals surface area contributed by atoms with E-state index in [0.717, 1.165) is 55.1 Å². The van der Waals surface area contributed by atoms with Crippen LogP contribution in [0.15, 0.2) is 174 Å². The van der Waals surface area contributed by atoms with E-state index in [1.807, 2.05) is 48.5 Å². The Morgan fingerprint density at radius 3 is 1.67 bits per heavy atom. The highest BCUT2D eigenvalue weighted by Crippen LogP contribution is 2.40. The molecule has 1 aliphatic rings. The molecule has 0 aliphatic carbocycles. The molecular weight excluding hydrogens is 700 g/mol. The van der Waals surface area contributed by atoms with E-state index < -0.39 is 0 Å². The van der Waals surface area contributed by atoms with Gasteiger partial charge in [0, 0.05) is 57.6 Å². The summed E-state index contributed by atoms with van der Waals surface area (Å²) in [5, 5.41) is 14.5. The van der Waals surface area contributed by atoms with Gasteiger partial charge in [0.1, 0.15) is 7.05 Å². The molecule has 0 saturated carbocycles. The van der Waals surface area contributed by atoms with Crippen LogP contribution in [0.4, 0.5) is 5.69 Å². The molecule has 3 nitrogen and oxygen atoms in total. The van der Waals surface area contributed by atoms with Crippen molar-refractivity contribution in [3.05, 3.63) is 185 Å². The molecule has 0 amide bonds. The lowest BCUT2D eigenvalue weighted by molar-refractivity contribution is -0.572. The van der Waals surface area contributed by atoms with Gasteiger partial charge < -0.3 is 5.11 Å². The minimum Gasteiger partial charge on any atom is -0.872 e. The minimum absolute atomic E-state index is 0.00243. The Bertz CT molecular complexity index is 2420. The van der Waals surface area contributed by atoms with Crippen molar-refractivity contribution in [1.82, 2.24) is 0 Å². The van der Waals surface area contributed by atoms with Gasteiger partial charge in [0.05, 0.1) is 5.41 Å². The van der Waals surface area contributed by atoms with E-state index in [4.69, 9.17) is 0 Å². The molecule has 1 aliphatic heterocycles. The Balaban J connectivity index is 1.41. The van der Waals surface area contributed by atoms with Gasteiger partial charge in [-0.25, -0.2) is 0 Å². The zero-order valence-electron chi connectivity index (χ0n) is 29.4. The Morgan fingerprint density at radius 1 is 0.558 bits per heavy atom. The lowest BCUT2D eigenvalue weighted by Gasteiger charge is -2.20. The van der Waals surface area contributed by atoms with Gasteiger partial charge in [-0.1, -0.05) is 119 Å². The van der Waals surface area contributed by atoms with Gasteiger partial charge >= 0.3 is 0 Å². The molecule has 0 saturated heterocycles. The van der Waals surface area contributed by atoms with Crippen LogP contribution in [0.25, 0.3) is 56.5 Å². The van der Waals surface area contributed by atoms with Crippen molar-refractivity contribution in [1.29, 1.82) is 0 Å². The normalized spacial score (nSPS) is 13.5. The molecule has 7 aromatic rings. The Kier molecular flexibility index (Phi) is 8.78. The van der Waals surface area contributed by atoms with Crippen LogP contribution >= 0.6 is 15.9 Å². The van der Waals surface area contributed by atoms with Crippen LogP contribution in [0.1, 0.15) is 25.0 Å². The summed E-state index contributed by atoms with van der Waals surface area (Å²) in [4.78, 5) is 0. The molecule has 2 heterocycles. The van der Waals surface area contributed by atoms with E-state index in [2.05, 4.69) is 173 Å². The van der Waals surface area contributed by atoms with Crippen LogP contribution in [0.3, 0.4) is 0 Å². The molecule has 52 heavy (non-hydrogen) atoms. The number of fused-ring (bicyclic) bond motifs is 1. The predicted molar refractivity (Wildman–Crippen MR) is 216 cm³/mol. The van der Waals surface area contributed by atoms with Crippen molar-refractivity contribution >= 4 is 33.4 Å². The average molecular weight is 739 g/mol. The first-order chi connectivity index (χ1) is 25.3. The van der Waals surface area contributed by atoms with Crippen molar-refractivity contribution < 1.29 is 14.2 Å². The summed E-state index contributed by atoms with van der Waals surface area (Å²) in [6, 6.07) is 56.6. The lowest BCUT2D eigenvalue weighted by Crippen LogP contribution is -2.36. The fourth-order valence-corrected chi connectivity index (χ4v) is 7.78. The third kappa shape index (κ3) is 6.10. The molecule has 0 fully saturated rings. The summed E-state index contributed by atoms with van der Waals surface area (Å²) in [5.74, 6) is -0.00243. The number of rotatable bonds is 7. The highest BCUT2D eigenvalue weighted by Gasteiger charge is 2.42. The van der Waals surface area contributed by atoms with Crippen LogP contribution in [0.5, 0.6) is 5.75 Å². The molecule has 0 spiro atoms. The smallest absolute Gasteiger partial charge is 0.219 e. The number of aromatic nitrogens is 1. The maximum Gasteiger partial charge on any atom is 0.219 e. The number of benzene rings is 6. The van der Waals surface area contributed by atoms with E-state index in [0.29, 0.717) is 11.1 Å². The molecule has 252 valence electrons. The van der Waals surface area contributed by atoms with Crippen LogP contribution in [0, 0.1) is 0 Å². The van der Waals surface area contributed by atoms with Gasteiger partial charge in [-0.05, 0) is 84.1 Å². The highest BCUT2D eigenvalue weighted by molar-refractivity contribution is 9.10. The van der Waals surface area contributed by atoms with Crippen molar-refractivity contribution in [3.63, 3.8) is 0 Å². The molecule has 4 heteroatoms. The van der Waals surface area contributed by atoms with Crippen LogP contribution in [0.2, 0.25) is 0 Å². The van der Waals surface area contributed by atoms with Crippen molar-refractivity contribution in [2.75, 3.05) is 7.05 Å². The molecule has 0 bridgehead atoms. The Hall–Kier alpha value is -5.84. The lowest BCUT2D eigenvalue weighted by atomic mass is 9.81. The fourth-order valence-electron chi connectivity index (χ4n) is 7.52. The topological polar surface area (TPSA) is 29.9 Å². The second-order valence-corrected chi connectivity index (χ2v) is 14.7. The number of hydrogen-bond acceptors (Lipinski definition) is 1. The number of para-hydroxylation sites is 1. The van der Waals surface area contributed by atoms with E-state index in [9.17, 15) is 5.11 Å². The highest BCUT2D eigenvalue weighted by atomic mass is 79.9. The minimum atomic E-state index is -0.219. The third-order valence-corrected chi connectivity index (χ3v) is 10.7. The average Bonchev–Trinajstić information content (AvgIpc) is 3.38. The maximum atomic E-state index is 14.5. The van der Waals surface area contributed by atoms with Crippen LogP contribution in [-0.2, 0) is 5.41 Å². The van der Waals surface area contributed by atoms with Gasteiger partial charge in [0.25, 0.3) is 0 Å². The van der Waals surface area contributed by atoms with Crippen LogP contribution < -0.4 is 9.67 Å². The van der Waals surface area contributed by atoms with Gasteiger partial charge in [0.2, 0.25) is 22.8 Å². The Morgan fingerprint density at radius 2 is 1.10 bits per heavy atom. The standard InChI is InChI=1S/C48H38BrN2O/c1-48(2)42-21-13-14-22-43(42)50(3)46(48)28-25-37-29-40(32-41(47(37)52)34-15-7-4-8-16-34)51-44(35-17-9-5-10-18-35)30-38(33-23-26-39(49)27-24-33)31-45(51)36-19-11-6-12-20-36/h4-32H,1-3H3/q+1. The SMILES string of the molecule is C[N+]1=C(/C=C\c2cc(-[n+]3c(-c4ccccc4)cc(-c4ccc(Br)cc4)cc3-c3ccccc3)cc(-c3ccccc3)c2[O-])C(C)(C)c2ccccc21. The maximum absolute atomic E-state index is 14.5. The van der Waals surface area contributed by atoms with Gasteiger partial charge in [-0.2, -0.15) is 9.14 Å². The monoisotopic (exact) mass is 737 g/mol. The van der Waals surface area contributed by atoms with E-state index >= 15 is 0 Å². The van der Waals surface area contributed by atoms with Crippen molar-refractivity contribution in [3.8, 4) is 56.2 Å². The number of halogens is 1. The number of nitrogens with zero attached hydrogens (tertiary/aromatic N) is 2. The molecule has 0 N–H and O–H groups in total. The molecule has 1 aromatic heterocycles. The van der Waals surface area contributed by atoms with E-state index in [1.54, 1.807) is 0 Å². The molecule has 0 radical (unpaired) electrons. The molecule has 6 aromatic carbocycles. The molecule has 0 unspecified atom stereocenters. The largest absolute Gasteiger partial charge is 0.872 e. The second kappa shape index (κ2) is 13.7. The summed E-state index contributed by atoms with van der Waals surface area (Å²) in [6.07, 6.45) is 4.14. The van der Waals surface area contributed by atoms with Crippen LogP contribution in [-0.4, -0.2) is 17.3 Å². The molecule has 8 rings (SSSR count). The Labute approximate surface area is 314 Å². The quantitative estimate of drug-likeness (QED) is 0.150. The van der Waals surface area contributed by atoms with E-state index in [-0.39, 0.29) is 11.2 Å². The summed E-state index contributed by atoms with van der Waals surface area (Å²) in [6.45, 7) is 4.50. The zero-order chi connectivity index (χ0) is 35.8. The predicted octanol–water partition coefficient (Wildman–Crippen LogP) is 11.2. The zero-order valence-corrected chi connectivity index (χ0v) is 31.0. The first-order valence-electron chi connectivity index (χ1n) is 17.6. The fraction of sp³-hybridized carbons (Fsp3) is 0.0833. The van der Waals surface area contributed by atoms with E-state index in [1.165, 1.54) is 11.3 Å². The second-order valence-electron chi connectivity index (χ2n) is 13.8. The third-order valence-electron chi connectivity index (χ3n) is 10.2.